The molecule has 0 heterocycles. The van der Waals surface area contributed by atoms with Crippen LogP contribution in [0.15, 0.2) is 66.7 Å². The van der Waals surface area contributed by atoms with E-state index in [0.717, 1.165) is 16.9 Å². The molecule has 0 radical (unpaired) electrons. The highest BCUT2D eigenvalue weighted by Crippen LogP contribution is 2.36. The summed E-state index contributed by atoms with van der Waals surface area (Å²) in [6.07, 6.45) is 4.51. The van der Waals surface area contributed by atoms with Gasteiger partial charge in [0.2, 0.25) is 5.91 Å². The van der Waals surface area contributed by atoms with Gasteiger partial charge in [-0.05, 0) is 41.5 Å². The molecule has 0 fully saturated rings. The van der Waals surface area contributed by atoms with Crippen molar-refractivity contribution in [2.24, 2.45) is 5.92 Å². The summed E-state index contributed by atoms with van der Waals surface area (Å²) in [6.45, 7) is 7.11. The van der Waals surface area contributed by atoms with Gasteiger partial charge in [-0.1, -0.05) is 68.5 Å². The van der Waals surface area contributed by atoms with Gasteiger partial charge in [0, 0.05) is 19.5 Å². The molecular formula is C25H33NO3. The van der Waals surface area contributed by atoms with E-state index in [9.17, 15) is 9.90 Å². The molecule has 2 rings (SSSR count). The van der Waals surface area contributed by atoms with Crippen molar-refractivity contribution >= 4 is 5.91 Å². The molecule has 0 saturated carbocycles. The van der Waals surface area contributed by atoms with Crippen LogP contribution in [0.25, 0.3) is 0 Å². The number of hydrogen-bond donors (Lipinski definition) is 1. The van der Waals surface area contributed by atoms with Crippen LogP contribution in [0.5, 0.6) is 5.75 Å². The number of ether oxygens (including phenoxy) is 1. The van der Waals surface area contributed by atoms with E-state index < -0.39 is 0 Å². The minimum absolute atomic E-state index is 0.0327. The van der Waals surface area contributed by atoms with Crippen LogP contribution in [0.2, 0.25) is 0 Å². The standard InChI is InChI=1S/C25H33NO3/c1-5-9-22(25(2,3)21-12-14-23(29-4)15-13-21)18-24(28)26(16-17-27)19-20-10-7-6-8-11-20/h5-15,22,27H,16-19H2,1-4H3/b9-5+/t22-/m0/s1. The van der Waals surface area contributed by atoms with Crippen molar-refractivity contribution in [2.75, 3.05) is 20.3 Å². The Morgan fingerprint density at radius 1 is 1.14 bits per heavy atom. The van der Waals surface area contributed by atoms with Crippen LogP contribution in [0.3, 0.4) is 0 Å². The van der Waals surface area contributed by atoms with E-state index >= 15 is 0 Å². The summed E-state index contributed by atoms with van der Waals surface area (Å²) in [5.74, 6) is 0.901. The fraction of sp³-hybridized carbons (Fsp3) is 0.400. The molecule has 0 unspecified atom stereocenters. The topological polar surface area (TPSA) is 49.8 Å². The van der Waals surface area contributed by atoms with Crippen LogP contribution in [-0.4, -0.2) is 36.2 Å². The molecule has 0 bridgehead atoms. The average Bonchev–Trinajstić information content (AvgIpc) is 2.73. The van der Waals surface area contributed by atoms with Crippen molar-refractivity contribution < 1.29 is 14.6 Å². The van der Waals surface area contributed by atoms with Gasteiger partial charge >= 0.3 is 0 Å². The molecule has 1 atom stereocenters. The highest BCUT2D eigenvalue weighted by molar-refractivity contribution is 5.77. The average molecular weight is 396 g/mol. The molecule has 0 aliphatic heterocycles. The van der Waals surface area contributed by atoms with E-state index in [1.165, 1.54) is 0 Å². The fourth-order valence-electron chi connectivity index (χ4n) is 3.56. The molecule has 1 N–H and O–H groups in total. The summed E-state index contributed by atoms with van der Waals surface area (Å²) < 4.78 is 5.27. The largest absolute Gasteiger partial charge is 0.497 e. The fourth-order valence-corrected chi connectivity index (χ4v) is 3.56. The Balaban J connectivity index is 2.20. The molecule has 29 heavy (non-hydrogen) atoms. The lowest BCUT2D eigenvalue weighted by Gasteiger charge is -2.34. The third kappa shape index (κ3) is 6.20. The normalized spacial score (nSPS) is 12.7. The first-order chi connectivity index (χ1) is 13.9. The second-order valence-electron chi connectivity index (χ2n) is 7.81. The Morgan fingerprint density at radius 2 is 1.79 bits per heavy atom. The lowest BCUT2D eigenvalue weighted by Crippen LogP contribution is -2.37. The number of aliphatic hydroxyl groups is 1. The van der Waals surface area contributed by atoms with E-state index in [1.807, 2.05) is 55.5 Å². The Bertz CT molecular complexity index is 781. The summed E-state index contributed by atoms with van der Waals surface area (Å²) in [7, 11) is 1.66. The van der Waals surface area contributed by atoms with Gasteiger partial charge in [0.1, 0.15) is 5.75 Å². The maximum Gasteiger partial charge on any atom is 0.223 e. The predicted octanol–water partition coefficient (Wildman–Crippen LogP) is 4.58. The molecule has 2 aromatic rings. The number of carbonyl (C=O) groups excluding carboxylic acids is 1. The molecule has 1 amide bonds. The van der Waals surface area contributed by atoms with E-state index in [-0.39, 0.29) is 23.8 Å². The lowest BCUT2D eigenvalue weighted by atomic mass is 9.71. The van der Waals surface area contributed by atoms with Crippen LogP contribution >= 0.6 is 0 Å². The molecular weight excluding hydrogens is 362 g/mol. The molecule has 4 heteroatoms. The van der Waals surface area contributed by atoms with Gasteiger partial charge in [-0.15, -0.1) is 0 Å². The zero-order valence-corrected chi connectivity index (χ0v) is 18.0. The minimum atomic E-state index is -0.230. The first-order valence-electron chi connectivity index (χ1n) is 10.1. The third-order valence-corrected chi connectivity index (χ3v) is 5.52. The first-order valence-corrected chi connectivity index (χ1v) is 10.1. The molecule has 0 aromatic heterocycles. The van der Waals surface area contributed by atoms with E-state index in [2.05, 4.69) is 32.1 Å². The van der Waals surface area contributed by atoms with Crippen molar-refractivity contribution in [1.82, 2.24) is 4.90 Å². The molecule has 0 saturated heterocycles. The minimum Gasteiger partial charge on any atom is -0.497 e. The lowest BCUT2D eigenvalue weighted by molar-refractivity contribution is -0.133. The zero-order valence-electron chi connectivity index (χ0n) is 18.0. The van der Waals surface area contributed by atoms with Gasteiger partial charge in [0.15, 0.2) is 0 Å². The van der Waals surface area contributed by atoms with Gasteiger partial charge in [-0.25, -0.2) is 0 Å². The Hall–Kier alpha value is -2.59. The summed E-state index contributed by atoms with van der Waals surface area (Å²) in [4.78, 5) is 14.9. The summed E-state index contributed by atoms with van der Waals surface area (Å²) >= 11 is 0. The molecule has 0 aliphatic carbocycles. The molecule has 156 valence electrons. The van der Waals surface area contributed by atoms with Crippen molar-refractivity contribution in [3.8, 4) is 5.75 Å². The SMILES string of the molecule is C/C=C/[C@@H](CC(=O)N(CCO)Cc1ccccc1)C(C)(C)c1ccc(OC)cc1. The van der Waals surface area contributed by atoms with Gasteiger partial charge in [-0.3, -0.25) is 4.79 Å². The number of allylic oxidation sites excluding steroid dienone is 2. The Labute approximate surface area is 174 Å². The molecule has 0 spiro atoms. The second-order valence-corrected chi connectivity index (χ2v) is 7.81. The monoisotopic (exact) mass is 395 g/mol. The summed E-state index contributed by atoms with van der Waals surface area (Å²) in [5, 5.41) is 9.47. The number of rotatable bonds is 10. The maximum atomic E-state index is 13.2. The number of nitrogens with zero attached hydrogens (tertiary/aromatic N) is 1. The van der Waals surface area contributed by atoms with Crippen LogP contribution in [0.1, 0.15) is 38.3 Å². The maximum absolute atomic E-state index is 13.2. The van der Waals surface area contributed by atoms with Crippen molar-refractivity contribution in [1.29, 1.82) is 0 Å². The first kappa shape index (κ1) is 22.7. The van der Waals surface area contributed by atoms with E-state index in [1.54, 1.807) is 12.0 Å². The van der Waals surface area contributed by atoms with Gasteiger partial charge in [0.05, 0.1) is 13.7 Å². The number of amides is 1. The smallest absolute Gasteiger partial charge is 0.223 e. The van der Waals surface area contributed by atoms with Crippen molar-refractivity contribution in [3.05, 3.63) is 77.9 Å². The zero-order chi connectivity index (χ0) is 21.3. The summed E-state index contributed by atoms with van der Waals surface area (Å²) in [6, 6.07) is 17.9. The number of benzene rings is 2. The van der Waals surface area contributed by atoms with Gasteiger partial charge in [0.25, 0.3) is 0 Å². The molecule has 4 nitrogen and oxygen atoms in total. The highest BCUT2D eigenvalue weighted by atomic mass is 16.5. The van der Waals surface area contributed by atoms with Crippen LogP contribution < -0.4 is 4.74 Å². The quantitative estimate of drug-likeness (QED) is 0.599. The number of carbonyl (C=O) groups is 1. The molecule has 0 aliphatic rings. The van der Waals surface area contributed by atoms with Crippen LogP contribution in [-0.2, 0) is 16.8 Å². The van der Waals surface area contributed by atoms with Crippen molar-refractivity contribution in [3.63, 3.8) is 0 Å². The van der Waals surface area contributed by atoms with Crippen molar-refractivity contribution in [2.45, 2.75) is 39.2 Å². The Morgan fingerprint density at radius 3 is 2.34 bits per heavy atom. The summed E-state index contributed by atoms with van der Waals surface area (Å²) in [5.41, 5.74) is 1.99. The number of aliphatic hydroxyl groups excluding tert-OH is 1. The van der Waals surface area contributed by atoms with Crippen LogP contribution in [0.4, 0.5) is 0 Å². The Kier molecular flexibility index (Phi) is 8.47. The number of hydrogen-bond acceptors (Lipinski definition) is 3. The molecule has 2 aromatic carbocycles. The van der Waals surface area contributed by atoms with E-state index in [4.69, 9.17) is 4.74 Å². The van der Waals surface area contributed by atoms with Gasteiger partial charge < -0.3 is 14.7 Å². The number of methoxy groups -OCH3 is 1. The van der Waals surface area contributed by atoms with Crippen LogP contribution in [0, 0.1) is 5.92 Å². The second kappa shape index (κ2) is 10.8. The highest BCUT2D eigenvalue weighted by Gasteiger charge is 2.32. The van der Waals surface area contributed by atoms with Gasteiger partial charge in [-0.2, -0.15) is 0 Å². The predicted molar refractivity (Wildman–Crippen MR) is 118 cm³/mol. The van der Waals surface area contributed by atoms with E-state index in [0.29, 0.717) is 19.5 Å². The third-order valence-electron chi connectivity index (χ3n) is 5.52.